The fourth-order valence-electron chi connectivity index (χ4n) is 1.98. The number of hydrogen-bond donors (Lipinski definition) is 0. The van der Waals surface area contributed by atoms with Crippen LogP contribution in [0, 0.1) is 0 Å². The quantitative estimate of drug-likeness (QED) is 0.413. The van der Waals surface area contributed by atoms with Crippen molar-refractivity contribution in [1.29, 1.82) is 0 Å². The van der Waals surface area contributed by atoms with Crippen molar-refractivity contribution in [3.05, 3.63) is 76.7 Å². The van der Waals surface area contributed by atoms with Gasteiger partial charge in [-0.3, -0.25) is 0 Å². The second kappa shape index (κ2) is 6.41. The lowest BCUT2D eigenvalue weighted by Gasteiger charge is -2.05. The molecule has 0 bridgehead atoms. The number of oxime groups is 1. The molecule has 0 saturated carbocycles. The van der Waals surface area contributed by atoms with Gasteiger partial charge in [0, 0.05) is 18.1 Å². The number of carbonyl (C=O) groups excluding carboxylic acids is 1. The highest BCUT2D eigenvalue weighted by Crippen LogP contribution is 2.13. The molecule has 0 atom stereocenters. The van der Waals surface area contributed by atoms with Crippen LogP contribution in [0.15, 0.2) is 71.5 Å². The van der Waals surface area contributed by atoms with E-state index in [0.29, 0.717) is 10.6 Å². The van der Waals surface area contributed by atoms with Crippen molar-refractivity contribution >= 4 is 23.0 Å². The molecule has 0 aliphatic rings. The summed E-state index contributed by atoms with van der Waals surface area (Å²) in [5, 5.41) is 5.74. The first kappa shape index (κ1) is 14.3. The van der Waals surface area contributed by atoms with Crippen LogP contribution < -0.4 is 0 Å². The van der Waals surface area contributed by atoms with Crippen LogP contribution in [0.5, 0.6) is 0 Å². The molecule has 0 saturated heterocycles. The van der Waals surface area contributed by atoms with Crippen LogP contribution in [0.2, 0.25) is 0 Å². The summed E-state index contributed by atoms with van der Waals surface area (Å²) in [5.74, 6) is -0.432. The van der Waals surface area contributed by atoms with Crippen molar-refractivity contribution in [3.63, 3.8) is 0 Å². The predicted molar refractivity (Wildman–Crippen MR) is 87.7 cm³/mol. The summed E-state index contributed by atoms with van der Waals surface area (Å²) in [5.41, 5.74) is 2.64. The van der Waals surface area contributed by atoms with E-state index in [1.54, 1.807) is 12.1 Å². The first-order valence-electron chi connectivity index (χ1n) is 6.77. The Morgan fingerprint density at radius 1 is 1.09 bits per heavy atom. The minimum atomic E-state index is -0.432. The monoisotopic (exact) mass is 310 g/mol. The van der Waals surface area contributed by atoms with Gasteiger partial charge in [-0.25, -0.2) is 4.79 Å². The van der Waals surface area contributed by atoms with Crippen molar-refractivity contribution in [3.8, 4) is 5.69 Å². The number of nitrogens with zero attached hydrogens (tertiary/aromatic N) is 2. The molecule has 0 N–H and O–H groups in total. The summed E-state index contributed by atoms with van der Waals surface area (Å²) >= 11 is 1.33. The molecule has 0 spiro atoms. The lowest BCUT2D eigenvalue weighted by molar-refractivity contribution is 0.0522. The van der Waals surface area contributed by atoms with Crippen molar-refractivity contribution < 1.29 is 9.63 Å². The largest absolute Gasteiger partial charge is 0.375 e. The Morgan fingerprint density at radius 3 is 2.45 bits per heavy atom. The standard InChI is InChI=1S/C17H14N2O2S/c1-13(18-21-17(20)16-5-4-12-22-16)14-6-8-15(9-7-14)19-10-2-3-11-19/h2-12H,1H3/b18-13-. The van der Waals surface area contributed by atoms with Gasteiger partial charge in [-0.15, -0.1) is 11.3 Å². The van der Waals surface area contributed by atoms with Crippen molar-refractivity contribution in [1.82, 2.24) is 4.57 Å². The maximum Gasteiger partial charge on any atom is 0.375 e. The second-order valence-electron chi connectivity index (χ2n) is 4.67. The summed E-state index contributed by atoms with van der Waals surface area (Å²) in [7, 11) is 0. The highest BCUT2D eigenvalue weighted by molar-refractivity contribution is 7.11. The molecule has 3 aromatic rings. The van der Waals surface area contributed by atoms with E-state index in [0.717, 1.165) is 11.3 Å². The van der Waals surface area contributed by atoms with E-state index >= 15 is 0 Å². The number of hydrogen-bond acceptors (Lipinski definition) is 4. The van der Waals surface area contributed by atoms with Crippen LogP contribution in [0.4, 0.5) is 0 Å². The van der Waals surface area contributed by atoms with Crippen molar-refractivity contribution in [2.75, 3.05) is 0 Å². The number of aromatic nitrogens is 1. The fourth-order valence-corrected chi connectivity index (χ4v) is 2.58. The van der Waals surface area contributed by atoms with E-state index in [1.807, 2.05) is 65.7 Å². The Bertz CT molecular complexity index is 773. The summed E-state index contributed by atoms with van der Waals surface area (Å²) in [4.78, 5) is 17.2. The van der Waals surface area contributed by atoms with Gasteiger partial charge in [-0.1, -0.05) is 23.4 Å². The molecule has 2 aromatic heterocycles. The molecule has 0 radical (unpaired) electrons. The number of thiophene rings is 1. The molecule has 22 heavy (non-hydrogen) atoms. The number of benzene rings is 1. The van der Waals surface area contributed by atoms with Gasteiger partial charge in [0.25, 0.3) is 0 Å². The van der Waals surface area contributed by atoms with E-state index in [-0.39, 0.29) is 0 Å². The molecule has 0 aliphatic heterocycles. The summed E-state index contributed by atoms with van der Waals surface area (Å²) in [6.07, 6.45) is 3.97. The van der Waals surface area contributed by atoms with Crippen LogP contribution >= 0.6 is 11.3 Å². The number of carbonyl (C=O) groups is 1. The van der Waals surface area contributed by atoms with Gasteiger partial charge in [-0.2, -0.15) is 0 Å². The average molecular weight is 310 g/mol. The maximum absolute atomic E-state index is 11.7. The molecule has 0 fully saturated rings. The van der Waals surface area contributed by atoms with Gasteiger partial charge in [0.05, 0.1) is 5.71 Å². The maximum atomic E-state index is 11.7. The van der Waals surface area contributed by atoms with E-state index in [4.69, 9.17) is 4.84 Å². The highest BCUT2D eigenvalue weighted by atomic mass is 32.1. The van der Waals surface area contributed by atoms with Gasteiger partial charge < -0.3 is 9.40 Å². The van der Waals surface area contributed by atoms with E-state index in [1.165, 1.54) is 11.3 Å². The van der Waals surface area contributed by atoms with Crippen molar-refractivity contribution in [2.45, 2.75) is 6.92 Å². The van der Waals surface area contributed by atoms with Gasteiger partial charge >= 0.3 is 5.97 Å². The SMILES string of the molecule is C/C(=N/OC(=O)c1cccs1)c1ccc(-n2cccc2)cc1. The Balaban J connectivity index is 1.70. The lowest BCUT2D eigenvalue weighted by Crippen LogP contribution is -2.02. The molecule has 5 heteroatoms. The molecular weight excluding hydrogens is 296 g/mol. The first-order valence-corrected chi connectivity index (χ1v) is 7.65. The van der Waals surface area contributed by atoms with Crippen LogP contribution in [0.1, 0.15) is 22.2 Å². The van der Waals surface area contributed by atoms with Crippen LogP contribution in [0.3, 0.4) is 0 Å². The van der Waals surface area contributed by atoms with Crippen LogP contribution in [0.25, 0.3) is 5.69 Å². The summed E-state index contributed by atoms with van der Waals surface area (Å²) in [6, 6.07) is 15.4. The topological polar surface area (TPSA) is 43.6 Å². The van der Waals surface area contributed by atoms with Gasteiger partial charge in [0.15, 0.2) is 0 Å². The third-order valence-corrected chi connectivity index (χ3v) is 4.03. The van der Waals surface area contributed by atoms with Crippen LogP contribution in [-0.4, -0.2) is 16.2 Å². The normalized spacial score (nSPS) is 11.4. The molecule has 4 nitrogen and oxygen atoms in total. The molecule has 0 unspecified atom stereocenters. The number of rotatable bonds is 4. The minimum Gasteiger partial charge on any atom is -0.324 e. The molecule has 1 aromatic carbocycles. The molecule has 0 aliphatic carbocycles. The second-order valence-corrected chi connectivity index (χ2v) is 5.62. The highest BCUT2D eigenvalue weighted by Gasteiger charge is 2.08. The third-order valence-electron chi connectivity index (χ3n) is 3.18. The van der Waals surface area contributed by atoms with Gasteiger partial charge in [0.1, 0.15) is 4.88 Å². The lowest BCUT2D eigenvalue weighted by atomic mass is 10.1. The Hall–Kier alpha value is -2.66. The van der Waals surface area contributed by atoms with Gasteiger partial charge in [0.2, 0.25) is 0 Å². The minimum absolute atomic E-state index is 0.432. The van der Waals surface area contributed by atoms with Gasteiger partial charge in [-0.05, 0) is 48.2 Å². The van der Waals surface area contributed by atoms with Crippen LogP contribution in [-0.2, 0) is 4.84 Å². The Morgan fingerprint density at radius 2 is 1.82 bits per heavy atom. The first-order chi connectivity index (χ1) is 10.7. The van der Waals surface area contributed by atoms with E-state index < -0.39 is 5.97 Å². The predicted octanol–water partition coefficient (Wildman–Crippen LogP) is 4.12. The smallest absolute Gasteiger partial charge is 0.324 e. The summed E-state index contributed by atoms with van der Waals surface area (Å²) in [6.45, 7) is 1.81. The molecule has 2 heterocycles. The zero-order valence-electron chi connectivity index (χ0n) is 12.0. The summed E-state index contributed by atoms with van der Waals surface area (Å²) < 4.78 is 2.02. The molecule has 3 rings (SSSR count). The Labute approximate surface area is 132 Å². The van der Waals surface area contributed by atoms with E-state index in [2.05, 4.69) is 5.16 Å². The Kier molecular flexibility index (Phi) is 4.16. The molecular formula is C17H14N2O2S. The van der Waals surface area contributed by atoms with Crippen molar-refractivity contribution in [2.24, 2.45) is 5.16 Å². The zero-order valence-corrected chi connectivity index (χ0v) is 12.8. The average Bonchev–Trinajstić information content (AvgIpc) is 3.25. The fraction of sp³-hybridized carbons (Fsp3) is 0.0588. The molecule has 110 valence electrons. The van der Waals surface area contributed by atoms with E-state index in [9.17, 15) is 4.79 Å². The zero-order chi connectivity index (χ0) is 15.4. The third kappa shape index (κ3) is 3.15. The molecule has 0 amide bonds.